The van der Waals surface area contributed by atoms with Crippen LogP contribution in [0.3, 0.4) is 0 Å². The highest BCUT2D eigenvalue weighted by Crippen LogP contribution is 2.21. The van der Waals surface area contributed by atoms with Crippen molar-refractivity contribution >= 4 is 23.3 Å². The number of nitrogens with one attached hydrogen (secondary N) is 1. The Morgan fingerprint density at radius 3 is 2.46 bits per heavy atom. The predicted octanol–water partition coefficient (Wildman–Crippen LogP) is 1.86. The van der Waals surface area contributed by atoms with Crippen molar-refractivity contribution in [3.8, 4) is 5.75 Å². The van der Waals surface area contributed by atoms with Crippen LogP contribution in [0.5, 0.6) is 5.75 Å². The van der Waals surface area contributed by atoms with Crippen molar-refractivity contribution in [2.24, 2.45) is 19.2 Å². The van der Waals surface area contributed by atoms with Crippen LogP contribution < -0.4 is 21.4 Å². The highest BCUT2D eigenvalue weighted by atomic mass is 16.5. The Kier molecular flexibility index (Phi) is 5.34. The minimum Gasteiger partial charge on any atom is -0.494 e. The van der Waals surface area contributed by atoms with E-state index in [4.69, 9.17) is 4.74 Å². The van der Waals surface area contributed by atoms with Gasteiger partial charge < -0.3 is 9.30 Å². The van der Waals surface area contributed by atoms with E-state index in [-0.39, 0.29) is 11.6 Å². The van der Waals surface area contributed by atoms with Crippen molar-refractivity contribution in [3.63, 3.8) is 0 Å². The van der Waals surface area contributed by atoms with Gasteiger partial charge in [0.2, 0.25) is 5.95 Å². The first-order valence-corrected chi connectivity index (χ1v) is 9.05. The molecule has 148 valence electrons. The average molecular weight is 384 g/mol. The number of rotatable bonds is 6. The first kappa shape index (κ1) is 19.4. The number of aryl methyl sites for hydroxylation is 1. The van der Waals surface area contributed by atoms with E-state index in [9.17, 15) is 9.59 Å². The van der Waals surface area contributed by atoms with E-state index in [0.717, 1.165) is 15.9 Å². The van der Waals surface area contributed by atoms with Crippen molar-refractivity contribution in [1.29, 1.82) is 0 Å². The molecule has 0 saturated carbocycles. The van der Waals surface area contributed by atoms with Crippen LogP contribution in [0.25, 0.3) is 11.2 Å². The zero-order chi connectivity index (χ0) is 20.4. The molecule has 0 radical (unpaired) electrons. The van der Waals surface area contributed by atoms with Gasteiger partial charge in [-0.25, -0.2) is 10.2 Å². The number of hydrogen-bond donors (Lipinski definition) is 1. The van der Waals surface area contributed by atoms with Crippen LogP contribution >= 0.6 is 0 Å². The maximum absolute atomic E-state index is 12.6. The number of fused-ring (bicyclic) bond motifs is 1. The molecule has 28 heavy (non-hydrogen) atoms. The molecule has 0 bridgehead atoms. The number of nitrogens with zero attached hydrogens (tertiary/aromatic N) is 5. The highest BCUT2D eigenvalue weighted by molar-refractivity contribution is 5.80. The van der Waals surface area contributed by atoms with E-state index in [0.29, 0.717) is 23.7 Å². The van der Waals surface area contributed by atoms with Gasteiger partial charge in [0, 0.05) is 20.1 Å². The van der Waals surface area contributed by atoms with Crippen molar-refractivity contribution in [2.75, 3.05) is 12.0 Å². The lowest BCUT2D eigenvalue weighted by Crippen LogP contribution is -2.37. The molecule has 0 aliphatic heterocycles. The van der Waals surface area contributed by atoms with E-state index < -0.39 is 5.69 Å². The molecule has 0 unspecified atom stereocenters. The largest absolute Gasteiger partial charge is 0.494 e. The number of ether oxygens (including phenoxy) is 1. The van der Waals surface area contributed by atoms with Gasteiger partial charge in [-0.05, 0) is 50.6 Å². The fraction of sp³-hybridized carbons (Fsp3) is 0.368. The van der Waals surface area contributed by atoms with Crippen LogP contribution in [-0.2, 0) is 14.1 Å². The van der Waals surface area contributed by atoms with E-state index in [2.05, 4.69) is 15.5 Å². The lowest BCUT2D eigenvalue weighted by molar-refractivity contribution is 0.340. The van der Waals surface area contributed by atoms with Gasteiger partial charge in [0.1, 0.15) is 5.75 Å². The summed E-state index contributed by atoms with van der Waals surface area (Å²) < 4.78 is 9.60. The standard InChI is InChI=1S/C19H24N6O3/c1-6-28-14-9-7-13(8-10-14)11-20-22-18-21-16-15(25(18)12(2)3)17(26)24(5)19(27)23(16)4/h7-12H,6H2,1-5H3,(H,21,22)/b20-11+. The molecule has 3 rings (SSSR count). The zero-order valence-electron chi connectivity index (χ0n) is 16.6. The van der Waals surface area contributed by atoms with Crippen molar-refractivity contribution in [2.45, 2.75) is 26.8 Å². The van der Waals surface area contributed by atoms with Gasteiger partial charge in [-0.3, -0.25) is 13.9 Å². The lowest BCUT2D eigenvalue weighted by Gasteiger charge is -2.12. The van der Waals surface area contributed by atoms with Gasteiger partial charge in [0.25, 0.3) is 5.56 Å². The minimum atomic E-state index is -0.421. The Labute approximate surface area is 161 Å². The maximum atomic E-state index is 12.6. The number of benzene rings is 1. The third kappa shape index (κ3) is 3.42. The normalized spacial score (nSPS) is 11.6. The second-order valence-corrected chi connectivity index (χ2v) is 6.65. The molecule has 9 nitrogen and oxygen atoms in total. The van der Waals surface area contributed by atoms with Gasteiger partial charge >= 0.3 is 5.69 Å². The SMILES string of the molecule is CCOc1ccc(/C=N/Nc2nc3c(c(=O)n(C)c(=O)n3C)n2C(C)C)cc1. The number of aromatic nitrogens is 4. The predicted molar refractivity (Wildman–Crippen MR) is 109 cm³/mol. The summed E-state index contributed by atoms with van der Waals surface area (Å²) in [6.45, 7) is 6.42. The molecule has 3 aromatic rings. The Hall–Kier alpha value is -3.36. The molecular weight excluding hydrogens is 360 g/mol. The van der Waals surface area contributed by atoms with E-state index in [1.54, 1.807) is 17.8 Å². The number of hydrogen-bond acceptors (Lipinski definition) is 6. The molecule has 1 aromatic carbocycles. The third-order valence-corrected chi connectivity index (χ3v) is 4.38. The Morgan fingerprint density at radius 2 is 1.86 bits per heavy atom. The molecule has 0 aliphatic rings. The first-order valence-electron chi connectivity index (χ1n) is 9.05. The molecule has 0 atom stereocenters. The summed E-state index contributed by atoms with van der Waals surface area (Å²) in [7, 11) is 3.05. The van der Waals surface area contributed by atoms with Gasteiger partial charge in [0.05, 0.1) is 12.8 Å². The summed E-state index contributed by atoms with van der Waals surface area (Å²) in [6, 6.07) is 7.46. The quantitative estimate of drug-likeness (QED) is 0.517. The molecule has 2 aromatic heterocycles. The van der Waals surface area contributed by atoms with E-state index in [1.807, 2.05) is 45.0 Å². The summed E-state index contributed by atoms with van der Waals surface area (Å²) in [5.41, 5.74) is 3.65. The lowest BCUT2D eigenvalue weighted by atomic mass is 10.2. The Morgan fingerprint density at radius 1 is 1.18 bits per heavy atom. The monoisotopic (exact) mass is 384 g/mol. The second-order valence-electron chi connectivity index (χ2n) is 6.65. The Balaban J connectivity index is 1.98. The molecular formula is C19H24N6O3. The fourth-order valence-corrected chi connectivity index (χ4v) is 2.98. The topological polar surface area (TPSA) is 95.4 Å². The van der Waals surface area contributed by atoms with Gasteiger partial charge in [-0.15, -0.1) is 0 Å². The van der Waals surface area contributed by atoms with Crippen LogP contribution in [-0.4, -0.2) is 31.5 Å². The smallest absolute Gasteiger partial charge is 0.332 e. The summed E-state index contributed by atoms with van der Waals surface area (Å²) in [5, 5.41) is 4.23. The number of anilines is 1. The van der Waals surface area contributed by atoms with Crippen LogP contribution in [0.15, 0.2) is 39.0 Å². The van der Waals surface area contributed by atoms with E-state index in [1.165, 1.54) is 11.6 Å². The minimum absolute atomic E-state index is 0.0571. The summed E-state index contributed by atoms with van der Waals surface area (Å²) >= 11 is 0. The van der Waals surface area contributed by atoms with Crippen LogP contribution in [0, 0.1) is 0 Å². The Bertz CT molecular complexity index is 1140. The van der Waals surface area contributed by atoms with Crippen LogP contribution in [0.4, 0.5) is 5.95 Å². The van der Waals surface area contributed by atoms with Crippen LogP contribution in [0.1, 0.15) is 32.4 Å². The maximum Gasteiger partial charge on any atom is 0.332 e. The summed E-state index contributed by atoms with van der Waals surface area (Å²) in [6.07, 6.45) is 1.65. The number of imidazole rings is 1. The number of hydrazone groups is 1. The van der Waals surface area contributed by atoms with Crippen molar-refractivity contribution in [1.82, 2.24) is 18.7 Å². The first-order chi connectivity index (χ1) is 13.3. The molecule has 0 saturated heterocycles. The van der Waals surface area contributed by atoms with Gasteiger partial charge in [0.15, 0.2) is 11.2 Å². The summed E-state index contributed by atoms with van der Waals surface area (Å²) in [5.74, 6) is 1.19. The fourth-order valence-electron chi connectivity index (χ4n) is 2.98. The van der Waals surface area contributed by atoms with Gasteiger partial charge in [-0.1, -0.05) is 0 Å². The summed E-state index contributed by atoms with van der Waals surface area (Å²) in [4.78, 5) is 29.2. The molecule has 1 N–H and O–H groups in total. The molecule has 0 amide bonds. The van der Waals surface area contributed by atoms with Crippen LogP contribution in [0.2, 0.25) is 0 Å². The van der Waals surface area contributed by atoms with Crippen molar-refractivity contribution in [3.05, 3.63) is 50.7 Å². The highest BCUT2D eigenvalue weighted by Gasteiger charge is 2.20. The third-order valence-electron chi connectivity index (χ3n) is 4.38. The molecule has 2 heterocycles. The average Bonchev–Trinajstić information content (AvgIpc) is 3.06. The zero-order valence-corrected chi connectivity index (χ0v) is 16.6. The molecule has 0 spiro atoms. The molecule has 0 fully saturated rings. The van der Waals surface area contributed by atoms with Gasteiger partial charge in [-0.2, -0.15) is 10.1 Å². The molecule has 9 heteroatoms. The van der Waals surface area contributed by atoms with E-state index >= 15 is 0 Å². The molecule has 0 aliphatic carbocycles. The van der Waals surface area contributed by atoms with Crippen molar-refractivity contribution < 1.29 is 4.74 Å². The second kappa shape index (κ2) is 7.71.